The van der Waals surface area contributed by atoms with Gasteiger partial charge in [0.1, 0.15) is 0 Å². The number of benzene rings is 1. The van der Waals surface area contributed by atoms with Gasteiger partial charge in [0.25, 0.3) is 0 Å². The summed E-state index contributed by atoms with van der Waals surface area (Å²) in [7, 11) is 0. The maximum Gasteiger partial charge on any atom is 0.230 e. The van der Waals surface area contributed by atoms with E-state index in [9.17, 15) is 4.79 Å². The zero-order valence-electron chi connectivity index (χ0n) is 12.5. The highest BCUT2D eigenvalue weighted by Gasteiger charge is 2.29. The molecule has 0 saturated carbocycles. The fourth-order valence-corrected chi connectivity index (χ4v) is 2.10. The van der Waals surface area contributed by atoms with Crippen molar-refractivity contribution in [1.29, 1.82) is 0 Å². The van der Waals surface area contributed by atoms with Crippen LogP contribution >= 0.6 is 0 Å². The number of hydrogen-bond donors (Lipinski definition) is 2. The zero-order valence-corrected chi connectivity index (χ0v) is 12.5. The van der Waals surface area contributed by atoms with Gasteiger partial charge in [0, 0.05) is 30.5 Å². The number of rotatable bonds is 5. The van der Waals surface area contributed by atoms with Crippen molar-refractivity contribution in [3.8, 4) is 0 Å². The maximum atomic E-state index is 12.4. The molecule has 0 unspecified atom stereocenters. The summed E-state index contributed by atoms with van der Waals surface area (Å²) < 4.78 is 0. The van der Waals surface area contributed by atoms with Crippen molar-refractivity contribution in [2.75, 3.05) is 12.3 Å². The highest BCUT2D eigenvalue weighted by Crippen LogP contribution is 2.24. The average Bonchev–Trinajstić information content (AvgIpc) is 2.48. The van der Waals surface area contributed by atoms with E-state index >= 15 is 0 Å². The molecule has 1 heterocycles. The van der Waals surface area contributed by atoms with Crippen molar-refractivity contribution in [3.05, 3.63) is 59.9 Å². The number of carbonyl (C=O) groups is 1. The molecule has 0 aliphatic carbocycles. The van der Waals surface area contributed by atoms with Crippen LogP contribution in [0.15, 0.2) is 48.7 Å². The van der Waals surface area contributed by atoms with E-state index in [1.165, 1.54) is 0 Å². The number of carbonyl (C=O) groups excluding carboxylic acids is 1. The number of anilines is 1. The second kappa shape index (κ2) is 6.39. The van der Waals surface area contributed by atoms with Crippen LogP contribution < -0.4 is 11.1 Å². The van der Waals surface area contributed by atoms with Crippen LogP contribution in [0.25, 0.3) is 0 Å². The van der Waals surface area contributed by atoms with Gasteiger partial charge in [-0.15, -0.1) is 0 Å². The molecule has 0 aliphatic heterocycles. The predicted octanol–water partition coefficient (Wildman–Crippen LogP) is 2.30. The van der Waals surface area contributed by atoms with Crippen molar-refractivity contribution < 1.29 is 4.79 Å². The van der Waals surface area contributed by atoms with Crippen molar-refractivity contribution in [2.24, 2.45) is 0 Å². The largest absolute Gasteiger partial charge is 0.399 e. The molecule has 0 bridgehead atoms. The van der Waals surface area contributed by atoms with Gasteiger partial charge in [-0.1, -0.05) is 18.2 Å². The molecule has 21 heavy (non-hydrogen) atoms. The summed E-state index contributed by atoms with van der Waals surface area (Å²) >= 11 is 0. The third kappa shape index (κ3) is 3.81. The first-order valence-corrected chi connectivity index (χ1v) is 7.04. The minimum atomic E-state index is -0.585. The van der Waals surface area contributed by atoms with E-state index in [2.05, 4.69) is 10.3 Å². The Morgan fingerprint density at radius 3 is 2.52 bits per heavy atom. The van der Waals surface area contributed by atoms with E-state index < -0.39 is 5.41 Å². The second-order valence-corrected chi connectivity index (χ2v) is 5.57. The van der Waals surface area contributed by atoms with Crippen LogP contribution in [0.4, 0.5) is 5.69 Å². The molecular weight excluding hydrogens is 262 g/mol. The molecule has 2 aromatic rings. The van der Waals surface area contributed by atoms with Crippen molar-refractivity contribution in [3.63, 3.8) is 0 Å². The molecule has 0 spiro atoms. The van der Waals surface area contributed by atoms with E-state index in [-0.39, 0.29) is 5.91 Å². The summed E-state index contributed by atoms with van der Waals surface area (Å²) in [5.74, 6) is 0.00297. The molecule has 0 radical (unpaired) electrons. The van der Waals surface area contributed by atoms with Gasteiger partial charge in [0.05, 0.1) is 5.41 Å². The molecule has 0 fully saturated rings. The first-order valence-electron chi connectivity index (χ1n) is 7.04. The summed E-state index contributed by atoms with van der Waals surface area (Å²) in [6.07, 6.45) is 2.49. The number of aromatic nitrogens is 1. The van der Waals surface area contributed by atoms with Gasteiger partial charge in [-0.3, -0.25) is 9.78 Å². The summed E-state index contributed by atoms with van der Waals surface area (Å²) in [4.78, 5) is 16.6. The Morgan fingerprint density at radius 1 is 1.19 bits per heavy atom. The lowest BCUT2D eigenvalue weighted by Gasteiger charge is -2.24. The van der Waals surface area contributed by atoms with Gasteiger partial charge in [0.15, 0.2) is 0 Å². The molecule has 1 aromatic heterocycles. The number of nitrogens with zero attached hydrogens (tertiary/aromatic N) is 1. The van der Waals surface area contributed by atoms with Gasteiger partial charge in [-0.05, 0) is 43.7 Å². The third-order valence-corrected chi connectivity index (χ3v) is 3.59. The van der Waals surface area contributed by atoms with Crippen LogP contribution in [0.1, 0.15) is 25.1 Å². The van der Waals surface area contributed by atoms with Crippen LogP contribution in [0.3, 0.4) is 0 Å². The molecule has 4 nitrogen and oxygen atoms in total. The molecule has 0 aliphatic rings. The molecule has 0 saturated heterocycles. The third-order valence-electron chi connectivity index (χ3n) is 3.59. The fraction of sp³-hybridized carbons (Fsp3) is 0.294. The Kier molecular flexibility index (Phi) is 4.58. The van der Waals surface area contributed by atoms with E-state index in [4.69, 9.17) is 5.73 Å². The number of amides is 1. The molecule has 110 valence electrons. The number of nitrogens with one attached hydrogen (secondary N) is 1. The Balaban J connectivity index is 1.94. The Bertz CT molecular complexity index is 591. The summed E-state index contributed by atoms with van der Waals surface area (Å²) in [6.45, 7) is 4.40. The number of hydrogen-bond acceptors (Lipinski definition) is 3. The minimum absolute atomic E-state index is 0.00297. The van der Waals surface area contributed by atoms with Crippen molar-refractivity contribution in [1.82, 2.24) is 10.3 Å². The first-order chi connectivity index (χ1) is 10.00. The van der Waals surface area contributed by atoms with Crippen LogP contribution in [-0.2, 0) is 16.6 Å². The highest BCUT2D eigenvalue weighted by molar-refractivity contribution is 5.87. The standard InChI is InChI=1S/C17H21N3O/c1-17(2,13-6-8-14(18)9-7-13)16(21)20-12-10-15-5-3-4-11-19-15/h3-9,11H,10,12,18H2,1-2H3,(H,20,21). The Morgan fingerprint density at radius 2 is 1.90 bits per heavy atom. The van der Waals surface area contributed by atoms with Gasteiger partial charge >= 0.3 is 0 Å². The van der Waals surface area contributed by atoms with E-state index in [1.807, 2.05) is 56.3 Å². The lowest BCUT2D eigenvalue weighted by atomic mass is 9.83. The molecule has 1 aromatic carbocycles. The lowest BCUT2D eigenvalue weighted by Crippen LogP contribution is -2.40. The first kappa shape index (κ1) is 15.0. The topological polar surface area (TPSA) is 68.0 Å². The Hall–Kier alpha value is -2.36. The second-order valence-electron chi connectivity index (χ2n) is 5.57. The number of nitrogens with two attached hydrogens (primary N) is 1. The molecule has 0 atom stereocenters. The van der Waals surface area contributed by atoms with Gasteiger partial charge < -0.3 is 11.1 Å². The quantitative estimate of drug-likeness (QED) is 0.827. The molecule has 1 amide bonds. The van der Waals surface area contributed by atoms with E-state index in [0.717, 1.165) is 17.7 Å². The van der Waals surface area contributed by atoms with Crippen molar-refractivity contribution >= 4 is 11.6 Å². The SMILES string of the molecule is CC(C)(C(=O)NCCc1ccccn1)c1ccc(N)cc1. The van der Waals surface area contributed by atoms with Gasteiger partial charge in [0.2, 0.25) is 5.91 Å². The Labute approximate surface area is 125 Å². The van der Waals surface area contributed by atoms with Gasteiger partial charge in [-0.25, -0.2) is 0 Å². The molecular formula is C17H21N3O. The van der Waals surface area contributed by atoms with Crippen molar-refractivity contribution in [2.45, 2.75) is 25.7 Å². The van der Waals surface area contributed by atoms with Gasteiger partial charge in [-0.2, -0.15) is 0 Å². The average molecular weight is 283 g/mol. The van der Waals surface area contributed by atoms with Crippen LogP contribution in [0.5, 0.6) is 0 Å². The monoisotopic (exact) mass is 283 g/mol. The number of pyridine rings is 1. The van der Waals surface area contributed by atoms with Crippen LogP contribution in [0, 0.1) is 0 Å². The minimum Gasteiger partial charge on any atom is -0.399 e. The summed E-state index contributed by atoms with van der Waals surface area (Å²) in [6, 6.07) is 13.2. The van der Waals surface area contributed by atoms with Crippen LogP contribution in [0.2, 0.25) is 0 Å². The number of nitrogen functional groups attached to an aromatic ring is 1. The summed E-state index contributed by atoms with van der Waals surface area (Å²) in [5.41, 5.74) is 7.72. The van der Waals surface area contributed by atoms with E-state index in [0.29, 0.717) is 12.2 Å². The van der Waals surface area contributed by atoms with Crippen LogP contribution in [-0.4, -0.2) is 17.4 Å². The highest BCUT2D eigenvalue weighted by atomic mass is 16.2. The molecule has 2 rings (SSSR count). The maximum absolute atomic E-state index is 12.4. The van der Waals surface area contributed by atoms with E-state index in [1.54, 1.807) is 6.20 Å². The zero-order chi connectivity index (χ0) is 15.3. The molecule has 4 heteroatoms. The normalized spacial score (nSPS) is 11.1. The smallest absolute Gasteiger partial charge is 0.230 e. The summed E-state index contributed by atoms with van der Waals surface area (Å²) in [5, 5.41) is 2.97. The molecule has 3 N–H and O–H groups in total. The lowest BCUT2D eigenvalue weighted by molar-refractivity contribution is -0.125. The predicted molar refractivity (Wildman–Crippen MR) is 84.8 cm³/mol. The fourth-order valence-electron chi connectivity index (χ4n) is 2.10.